The van der Waals surface area contributed by atoms with Gasteiger partial charge in [-0.2, -0.15) is 4.31 Å². The Morgan fingerprint density at radius 3 is 2.21 bits per heavy atom. The fourth-order valence-electron chi connectivity index (χ4n) is 5.92. The SMILES string of the molecule is CCCN1CCc2c(sc(NC(=O)c3ccc(S(=O)(=O)N4CCCCCC4)cc3)c2C(=O)N2CCCCC2)C1. The normalized spacial score (nSPS) is 19.4. The lowest BCUT2D eigenvalue weighted by molar-refractivity contribution is 0.0724. The number of sulfonamides is 1. The van der Waals surface area contributed by atoms with Crippen LogP contribution in [0.2, 0.25) is 0 Å². The molecule has 8 nitrogen and oxygen atoms in total. The fourth-order valence-corrected chi connectivity index (χ4v) is 8.71. The Balaban J connectivity index is 1.37. The third-order valence-corrected chi connectivity index (χ3v) is 11.1. The average Bonchev–Trinajstić information content (AvgIpc) is 3.10. The summed E-state index contributed by atoms with van der Waals surface area (Å²) in [6, 6.07) is 6.19. The van der Waals surface area contributed by atoms with E-state index in [1.54, 1.807) is 16.4 Å². The lowest BCUT2D eigenvalue weighted by atomic mass is 10.0. The molecule has 0 unspecified atom stereocenters. The number of hydrogen-bond donors (Lipinski definition) is 1. The molecule has 0 atom stereocenters. The highest BCUT2D eigenvalue weighted by atomic mass is 32.2. The number of benzene rings is 1. The van der Waals surface area contributed by atoms with E-state index in [4.69, 9.17) is 0 Å². The zero-order valence-electron chi connectivity index (χ0n) is 22.9. The van der Waals surface area contributed by atoms with Crippen molar-refractivity contribution in [2.24, 2.45) is 0 Å². The summed E-state index contributed by atoms with van der Waals surface area (Å²) in [6.45, 7) is 7.49. The van der Waals surface area contributed by atoms with Crippen molar-refractivity contribution < 1.29 is 18.0 Å². The molecule has 2 amide bonds. The van der Waals surface area contributed by atoms with Gasteiger partial charge in [0.25, 0.3) is 11.8 Å². The summed E-state index contributed by atoms with van der Waals surface area (Å²) in [5.74, 6) is -0.309. The van der Waals surface area contributed by atoms with Gasteiger partial charge in [-0.3, -0.25) is 14.5 Å². The van der Waals surface area contributed by atoms with Crippen molar-refractivity contribution in [3.8, 4) is 0 Å². The van der Waals surface area contributed by atoms with E-state index in [0.717, 1.165) is 101 Å². The number of carbonyl (C=O) groups excluding carboxylic acids is 2. The summed E-state index contributed by atoms with van der Waals surface area (Å²) in [4.78, 5) is 32.8. The molecule has 0 bridgehead atoms. The van der Waals surface area contributed by atoms with Gasteiger partial charge in [0.05, 0.1) is 10.5 Å². The Hall–Kier alpha value is -2.27. The van der Waals surface area contributed by atoms with Crippen LogP contribution in [0.5, 0.6) is 0 Å². The third kappa shape index (κ3) is 6.24. The summed E-state index contributed by atoms with van der Waals surface area (Å²) in [6.07, 6.45) is 8.90. The van der Waals surface area contributed by atoms with Crippen molar-refractivity contribution in [1.82, 2.24) is 14.1 Å². The van der Waals surface area contributed by atoms with E-state index in [-0.39, 0.29) is 16.7 Å². The van der Waals surface area contributed by atoms with Gasteiger partial charge in [-0.05, 0) is 81.3 Å². The second-order valence-corrected chi connectivity index (χ2v) is 13.9. The number of anilines is 1. The van der Waals surface area contributed by atoms with Gasteiger partial charge in [-0.15, -0.1) is 11.3 Å². The number of nitrogens with one attached hydrogen (secondary N) is 1. The van der Waals surface area contributed by atoms with Crippen LogP contribution in [-0.2, 0) is 23.0 Å². The van der Waals surface area contributed by atoms with Crippen molar-refractivity contribution >= 4 is 38.2 Å². The van der Waals surface area contributed by atoms with Crippen molar-refractivity contribution in [3.63, 3.8) is 0 Å². The van der Waals surface area contributed by atoms with Gasteiger partial charge in [0, 0.05) is 49.7 Å². The average molecular weight is 573 g/mol. The summed E-state index contributed by atoms with van der Waals surface area (Å²) >= 11 is 1.51. The highest BCUT2D eigenvalue weighted by Gasteiger charge is 2.32. The van der Waals surface area contributed by atoms with Crippen LogP contribution in [0.15, 0.2) is 29.2 Å². The maximum Gasteiger partial charge on any atom is 0.257 e. The highest BCUT2D eigenvalue weighted by molar-refractivity contribution is 7.89. The lowest BCUT2D eigenvalue weighted by Crippen LogP contribution is -2.37. The molecule has 0 saturated carbocycles. The Morgan fingerprint density at radius 1 is 0.897 bits per heavy atom. The van der Waals surface area contributed by atoms with Gasteiger partial charge in [-0.25, -0.2) is 8.42 Å². The molecule has 2 saturated heterocycles. The fraction of sp³-hybridized carbons (Fsp3) is 0.586. The summed E-state index contributed by atoms with van der Waals surface area (Å²) in [5.41, 5.74) is 2.11. The molecule has 2 aromatic rings. The number of hydrogen-bond acceptors (Lipinski definition) is 6. The maximum absolute atomic E-state index is 13.7. The molecule has 0 spiro atoms. The van der Waals surface area contributed by atoms with Crippen LogP contribution in [0.1, 0.15) is 89.4 Å². The van der Waals surface area contributed by atoms with Gasteiger partial charge in [0.2, 0.25) is 10.0 Å². The molecule has 1 N–H and O–H groups in total. The first-order valence-corrected chi connectivity index (χ1v) is 16.7. The molecular weight excluding hydrogens is 532 g/mol. The second kappa shape index (κ2) is 12.5. The van der Waals surface area contributed by atoms with Gasteiger partial charge < -0.3 is 10.2 Å². The van der Waals surface area contributed by atoms with E-state index in [0.29, 0.717) is 29.2 Å². The van der Waals surface area contributed by atoms with Crippen LogP contribution < -0.4 is 5.32 Å². The van der Waals surface area contributed by atoms with Gasteiger partial charge in [0.15, 0.2) is 0 Å². The minimum atomic E-state index is -3.58. The number of nitrogens with zero attached hydrogens (tertiary/aromatic N) is 3. The zero-order chi connectivity index (χ0) is 27.4. The van der Waals surface area contributed by atoms with Crippen LogP contribution in [-0.4, -0.2) is 73.6 Å². The molecule has 0 radical (unpaired) electrons. The van der Waals surface area contributed by atoms with Crippen LogP contribution in [0.4, 0.5) is 5.00 Å². The predicted octanol–water partition coefficient (Wildman–Crippen LogP) is 4.96. The van der Waals surface area contributed by atoms with Crippen LogP contribution in [0.25, 0.3) is 0 Å². The van der Waals surface area contributed by atoms with E-state index in [1.165, 1.54) is 23.5 Å². The molecule has 10 heteroatoms. The summed E-state index contributed by atoms with van der Waals surface area (Å²) < 4.78 is 27.9. The first-order chi connectivity index (χ1) is 18.9. The van der Waals surface area contributed by atoms with E-state index in [1.807, 2.05) is 4.90 Å². The van der Waals surface area contributed by atoms with Crippen molar-refractivity contribution in [1.29, 1.82) is 0 Å². The van der Waals surface area contributed by atoms with Crippen LogP contribution in [0, 0.1) is 0 Å². The maximum atomic E-state index is 13.7. The molecule has 3 aliphatic heterocycles. The minimum absolute atomic E-state index is 0.0188. The Kier molecular flexibility index (Phi) is 9.06. The smallest absolute Gasteiger partial charge is 0.257 e. The predicted molar refractivity (Wildman–Crippen MR) is 155 cm³/mol. The standard InChI is InChI=1S/C29H40N4O4S2/c1-2-15-31-20-14-24-25(21-31)38-28(26(24)29(35)32-16-6-5-7-17-32)30-27(34)22-10-12-23(13-11-22)39(36,37)33-18-8-3-4-9-19-33/h10-13H,2-9,14-21H2,1H3,(H,30,34). The Morgan fingerprint density at radius 2 is 1.54 bits per heavy atom. The number of carbonyl (C=O) groups is 2. The van der Waals surface area contributed by atoms with E-state index in [9.17, 15) is 18.0 Å². The van der Waals surface area contributed by atoms with E-state index in [2.05, 4.69) is 17.1 Å². The number of rotatable bonds is 7. The highest BCUT2D eigenvalue weighted by Crippen LogP contribution is 2.38. The molecule has 39 heavy (non-hydrogen) atoms. The van der Waals surface area contributed by atoms with E-state index < -0.39 is 10.0 Å². The number of amides is 2. The number of likely N-dealkylation sites (tertiary alicyclic amines) is 1. The molecule has 0 aliphatic carbocycles. The number of fused-ring (bicyclic) bond motifs is 1. The monoisotopic (exact) mass is 572 g/mol. The minimum Gasteiger partial charge on any atom is -0.339 e. The first-order valence-electron chi connectivity index (χ1n) is 14.5. The molecular formula is C29H40N4O4S2. The van der Waals surface area contributed by atoms with Crippen molar-refractivity contribution in [2.45, 2.75) is 76.2 Å². The quantitative estimate of drug-likeness (QED) is 0.507. The van der Waals surface area contributed by atoms with Crippen LogP contribution >= 0.6 is 11.3 Å². The molecule has 3 aliphatic rings. The Labute approximate surface area is 236 Å². The van der Waals surface area contributed by atoms with Gasteiger partial charge >= 0.3 is 0 Å². The number of piperidine rings is 1. The topological polar surface area (TPSA) is 90.0 Å². The Bertz CT molecular complexity index is 1280. The first kappa shape index (κ1) is 28.3. The summed E-state index contributed by atoms with van der Waals surface area (Å²) in [7, 11) is -3.58. The van der Waals surface area contributed by atoms with Crippen molar-refractivity contribution in [3.05, 3.63) is 45.8 Å². The molecule has 212 valence electrons. The van der Waals surface area contributed by atoms with E-state index >= 15 is 0 Å². The lowest BCUT2D eigenvalue weighted by Gasteiger charge is -2.29. The largest absolute Gasteiger partial charge is 0.339 e. The zero-order valence-corrected chi connectivity index (χ0v) is 24.5. The summed E-state index contributed by atoms with van der Waals surface area (Å²) in [5, 5.41) is 3.65. The molecule has 5 rings (SSSR count). The molecule has 2 fully saturated rings. The molecule has 1 aromatic carbocycles. The van der Waals surface area contributed by atoms with Crippen molar-refractivity contribution in [2.75, 3.05) is 44.6 Å². The molecule has 1 aromatic heterocycles. The number of thiophene rings is 1. The van der Waals surface area contributed by atoms with Crippen LogP contribution in [0.3, 0.4) is 0 Å². The van der Waals surface area contributed by atoms with Gasteiger partial charge in [-0.1, -0.05) is 19.8 Å². The third-order valence-electron chi connectivity index (χ3n) is 8.08. The van der Waals surface area contributed by atoms with Gasteiger partial charge in [0.1, 0.15) is 5.00 Å². The second-order valence-electron chi connectivity index (χ2n) is 10.9. The molecule has 4 heterocycles.